The van der Waals surface area contributed by atoms with Crippen molar-refractivity contribution in [1.82, 2.24) is 19.9 Å². The van der Waals surface area contributed by atoms with E-state index in [-0.39, 0.29) is 5.91 Å². The third-order valence-electron chi connectivity index (χ3n) is 7.75. The number of carbonyl (C=O) groups excluding carboxylic acids is 1. The lowest BCUT2D eigenvalue weighted by molar-refractivity contribution is -0.126. The number of nitrogens with one attached hydrogen (secondary N) is 2. The Kier molecular flexibility index (Phi) is 7.59. The quantitative estimate of drug-likeness (QED) is 0.189. The molecular formula is C32H29BrClN5O. The second-order valence-corrected chi connectivity index (χ2v) is 11.5. The fraction of sp³-hybridized carbons (Fsp3) is 0.219. The molecule has 202 valence electrons. The predicted octanol–water partition coefficient (Wildman–Crippen LogP) is 7.55. The number of benzene rings is 3. The Hall–Kier alpha value is -3.68. The van der Waals surface area contributed by atoms with E-state index in [0.29, 0.717) is 23.8 Å². The topological polar surface area (TPSA) is 71.3 Å². The van der Waals surface area contributed by atoms with Gasteiger partial charge >= 0.3 is 0 Å². The number of hydrogen-bond donors (Lipinski definition) is 2. The van der Waals surface area contributed by atoms with Gasteiger partial charge in [0.2, 0.25) is 5.91 Å². The molecule has 0 spiro atoms. The van der Waals surface area contributed by atoms with Gasteiger partial charge in [-0.15, -0.1) is 0 Å². The van der Waals surface area contributed by atoms with Crippen LogP contribution in [0.25, 0.3) is 16.9 Å². The van der Waals surface area contributed by atoms with Crippen LogP contribution in [0.1, 0.15) is 42.4 Å². The van der Waals surface area contributed by atoms with E-state index in [9.17, 15) is 4.79 Å². The molecule has 8 heteroatoms. The van der Waals surface area contributed by atoms with Crippen LogP contribution in [0.3, 0.4) is 0 Å². The summed E-state index contributed by atoms with van der Waals surface area (Å²) in [6.45, 7) is 1.11. The Morgan fingerprint density at radius 3 is 2.33 bits per heavy atom. The molecule has 1 aliphatic rings. The van der Waals surface area contributed by atoms with Crippen molar-refractivity contribution in [2.24, 2.45) is 0 Å². The molecule has 1 aliphatic carbocycles. The molecule has 1 saturated carbocycles. The summed E-state index contributed by atoms with van der Waals surface area (Å²) in [5.41, 5.74) is 5.24. The van der Waals surface area contributed by atoms with Gasteiger partial charge in [-0.2, -0.15) is 9.61 Å². The smallest absolute Gasteiger partial charge is 0.230 e. The van der Waals surface area contributed by atoms with Gasteiger partial charge in [-0.25, -0.2) is 4.98 Å². The number of fused-ring (bicyclic) bond motifs is 1. The Morgan fingerprint density at radius 2 is 1.60 bits per heavy atom. The van der Waals surface area contributed by atoms with E-state index in [2.05, 4.69) is 68.1 Å². The van der Waals surface area contributed by atoms with Gasteiger partial charge in [-0.1, -0.05) is 97.2 Å². The Labute approximate surface area is 246 Å². The number of hydrogen-bond acceptors (Lipinski definition) is 4. The van der Waals surface area contributed by atoms with Gasteiger partial charge in [0.25, 0.3) is 0 Å². The molecule has 5 aromatic rings. The molecule has 40 heavy (non-hydrogen) atoms. The van der Waals surface area contributed by atoms with Crippen molar-refractivity contribution in [3.05, 3.63) is 117 Å². The first-order chi connectivity index (χ1) is 19.5. The molecule has 2 aromatic heterocycles. The maximum Gasteiger partial charge on any atom is 0.230 e. The number of halogens is 2. The van der Waals surface area contributed by atoms with E-state index < -0.39 is 5.41 Å². The Bertz CT molecular complexity index is 1650. The van der Waals surface area contributed by atoms with E-state index in [4.69, 9.17) is 16.6 Å². The van der Waals surface area contributed by atoms with Crippen LogP contribution < -0.4 is 10.6 Å². The maximum atomic E-state index is 13.4. The summed E-state index contributed by atoms with van der Waals surface area (Å²) in [7, 11) is 0. The number of anilines is 1. The largest absolute Gasteiger partial charge is 0.366 e. The minimum absolute atomic E-state index is 0.128. The Balaban J connectivity index is 1.14. The summed E-state index contributed by atoms with van der Waals surface area (Å²) in [4.78, 5) is 18.2. The third-order valence-corrected chi connectivity index (χ3v) is 8.64. The molecule has 0 saturated heterocycles. The average Bonchev–Trinajstić information content (AvgIpc) is 3.64. The van der Waals surface area contributed by atoms with Crippen LogP contribution in [0.2, 0.25) is 5.02 Å². The molecule has 3 aromatic carbocycles. The Morgan fingerprint density at radius 1 is 0.925 bits per heavy atom. The molecular weight excluding hydrogens is 586 g/mol. The van der Waals surface area contributed by atoms with Crippen LogP contribution in [-0.2, 0) is 23.3 Å². The first-order valence-corrected chi connectivity index (χ1v) is 14.7. The molecule has 6 rings (SSSR count). The average molecular weight is 615 g/mol. The van der Waals surface area contributed by atoms with Crippen LogP contribution in [0, 0.1) is 0 Å². The van der Waals surface area contributed by atoms with Crippen LogP contribution in [0.15, 0.2) is 95.6 Å². The van der Waals surface area contributed by atoms with E-state index in [1.54, 1.807) is 10.7 Å². The fourth-order valence-corrected chi connectivity index (χ4v) is 6.15. The maximum absolute atomic E-state index is 13.4. The van der Waals surface area contributed by atoms with E-state index in [0.717, 1.165) is 63.9 Å². The van der Waals surface area contributed by atoms with Crippen molar-refractivity contribution >= 4 is 44.9 Å². The SMILES string of the molecule is O=C(NCc1ccc(CNc2cc(-c3ccccc3Cl)nc3c(Br)cnn23)cc1)C1(c2ccccc2)CCCC1. The van der Waals surface area contributed by atoms with Crippen molar-refractivity contribution in [3.8, 4) is 11.3 Å². The zero-order valence-electron chi connectivity index (χ0n) is 21.9. The van der Waals surface area contributed by atoms with Crippen molar-refractivity contribution in [1.29, 1.82) is 0 Å². The molecule has 0 aliphatic heterocycles. The van der Waals surface area contributed by atoms with Crippen LogP contribution >= 0.6 is 27.5 Å². The second-order valence-electron chi connectivity index (χ2n) is 10.2. The lowest BCUT2D eigenvalue weighted by Gasteiger charge is -2.28. The van der Waals surface area contributed by atoms with Gasteiger partial charge in [0, 0.05) is 29.7 Å². The van der Waals surface area contributed by atoms with Crippen molar-refractivity contribution in [2.75, 3.05) is 5.32 Å². The van der Waals surface area contributed by atoms with Gasteiger partial charge in [0.05, 0.1) is 21.8 Å². The lowest BCUT2D eigenvalue weighted by Crippen LogP contribution is -2.42. The number of carbonyl (C=O) groups is 1. The lowest BCUT2D eigenvalue weighted by atomic mass is 9.78. The molecule has 0 bridgehead atoms. The molecule has 1 amide bonds. The van der Waals surface area contributed by atoms with Gasteiger partial charge in [0.15, 0.2) is 5.65 Å². The van der Waals surface area contributed by atoms with Crippen molar-refractivity contribution < 1.29 is 4.79 Å². The standard InChI is InChI=1S/C32H29BrClN5O/c33-26-21-37-39-29(18-28(38-30(26)39)25-10-4-5-11-27(25)34)35-19-22-12-14-23(15-13-22)20-36-31(40)32(16-6-7-17-32)24-8-2-1-3-9-24/h1-5,8-15,18,21,35H,6-7,16-17,19-20H2,(H,36,40). The fourth-order valence-electron chi connectivity index (χ4n) is 5.57. The third kappa shape index (κ3) is 5.23. The molecule has 0 radical (unpaired) electrons. The number of amides is 1. The van der Waals surface area contributed by atoms with E-state index in [1.807, 2.05) is 48.5 Å². The van der Waals surface area contributed by atoms with E-state index >= 15 is 0 Å². The van der Waals surface area contributed by atoms with Gasteiger partial charge in [-0.3, -0.25) is 4.79 Å². The molecule has 6 nitrogen and oxygen atoms in total. The summed E-state index contributed by atoms with van der Waals surface area (Å²) < 4.78 is 2.59. The highest BCUT2D eigenvalue weighted by molar-refractivity contribution is 9.10. The molecule has 0 unspecified atom stereocenters. The van der Waals surface area contributed by atoms with Crippen LogP contribution in [0.5, 0.6) is 0 Å². The molecule has 2 heterocycles. The summed E-state index contributed by atoms with van der Waals surface area (Å²) in [6, 6.07) is 28.2. The van der Waals surface area contributed by atoms with Crippen LogP contribution in [0.4, 0.5) is 5.82 Å². The second kappa shape index (κ2) is 11.4. The summed E-state index contributed by atoms with van der Waals surface area (Å²) >= 11 is 10.0. The highest BCUT2D eigenvalue weighted by atomic mass is 79.9. The van der Waals surface area contributed by atoms with Gasteiger partial charge in [0.1, 0.15) is 5.82 Å². The van der Waals surface area contributed by atoms with Gasteiger partial charge < -0.3 is 10.6 Å². The summed E-state index contributed by atoms with van der Waals surface area (Å²) in [5, 5.41) is 11.8. The minimum atomic E-state index is -0.411. The van der Waals surface area contributed by atoms with Gasteiger partial charge in [-0.05, 0) is 51.5 Å². The molecule has 1 fully saturated rings. The minimum Gasteiger partial charge on any atom is -0.366 e. The number of rotatable bonds is 8. The van der Waals surface area contributed by atoms with E-state index in [1.165, 1.54) is 0 Å². The summed E-state index contributed by atoms with van der Waals surface area (Å²) in [5.74, 6) is 0.938. The first-order valence-electron chi connectivity index (χ1n) is 13.5. The predicted molar refractivity (Wildman–Crippen MR) is 163 cm³/mol. The molecule has 0 atom stereocenters. The van der Waals surface area contributed by atoms with Crippen molar-refractivity contribution in [3.63, 3.8) is 0 Å². The van der Waals surface area contributed by atoms with Crippen molar-refractivity contribution in [2.45, 2.75) is 44.2 Å². The monoisotopic (exact) mass is 613 g/mol. The zero-order chi connectivity index (χ0) is 27.5. The molecule has 2 N–H and O–H groups in total. The zero-order valence-corrected chi connectivity index (χ0v) is 24.3. The number of nitrogens with zero attached hydrogens (tertiary/aromatic N) is 3. The van der Waals surface area contributed by atoms with Crippen LogP contribution in [-0.4, -0.2) is 20.5 Å². The highest BCUT2D eigenvalue weighted by Gasteiger charge is 2.42. The first kappa shape index (κ1) is 26.5. The summed E-state index contributed by atoms with van der Waals surface area (Å²) in [6.07, 6.45) is 5.72. The highest BCUT2D eigenvalue weighted by Crippen LogP contribution is 2.41. The normalized spacial score (nSPS) is 14.3. The number of aromatic nitrogens is 3.